The molecule has 0 spiro atoms. The van der Waals surface area contributed by atoms with Crippen LogP contribution in [0.15, 0.2) is 24.3 Å². The Bertz CT molecular complexity index is 399. The number of hydrogen-bond acceptors (Lipinski definition) is 3. The van der Waals surface area contributed by atoms with Crippen LogP contribution in [0, 0.1) is 0 Å². The van der Waals surface area contributed by atoms with Gasteiger partial charge in [0.15, 0.2) is 0 Å². The van der Waals surface area contributed by atoms with Crippen molar-refractivity contribution in [3.63, 3.8) is 0 Å². The summed E-state index contributed by atoms with van der Waals surface area (Å²) in [4.78, 5) is 14.2. The van der Waals surface area contributed by atoms with E-state index < -0.39 is 0 Å². The van der Waals surface area contributed by atoms with Gasteiger partial charge in [0.25, 0.3) is 5.91 Å². The van der Waals surface area contributed by atoms with Gasteiger partial charge in [0.05, 0.1) is 0 Å². The van der Waals surface area contributed by atoms with Gasteiger partial charge in [-0.25, -0.2) is 0 Å². The van der Waals surface area contributed by atoms with Crippen molar-refractivity contribution in [2.24, 2.45) is 5.73 Å². The molecule has 0 aliphatic carbocycles. The van der Waals surface area contributed by atoms with E-state index >= 15 is 0 Å². The first kappa shape index (κ1) is 23.3. The maximum Gasteiger partial charge on any atom is 0.251 e. The number of nitrogens with one attached hydrogen (secondary N) is 1. The van der Waals surface area contributed by atoms with E-state index in [9.17, 15) is 4.79 Å². The van der Waals surface area contributed by atoms with Crippen molar-refractivity contribution in [2.45, 2.75) is 33.1 Å². The molecule has 6 heteroatoms. The zero-order valence-electron chi connectivity index (χ0n) is 13.5. The minimum atomic E-state index is -0.00730. The molecular formula is C16H29Cl2N3O. The highest BCUT2D eigenvalue weighted by atomic mass is 35.5. The molecule has 0 aliphatic heterocycles. The average molecular weight is 350 g/mol. The van der Waals surface area contributed by atoms with Crippen molar-refractivity contribution in [3.05, 3.63) is 29.8 Å². The lowest BCUT2D eigenvalue weighted by Gasteiger charge is -2.22. The molecule has 128 valence electrons. The van der Waals surface area contributed by atoms with Gasteiger partial charge >= 0.3 is 0 Å². The Balaban J connectivity index is 0. The number of halogens is 2. The molecule has 1 amide bonds. The van der Waals surface area contributed by atoms with E-state index in [4.69, 9.17) is 5.73 Å². The molecule has 0 bridgehead atoms. The first-order valence-corrected chi connectivity index (χ1v) is 7.56. The Morgan fingerprint density at radius 2 is 1.77 bits per heavy atom. The molecule has 1 aromatic rings. The molecule has 0 heterocycles. The summed E-state index contributed by atoms with van der Waals surface area (Å²) in [6.45, 7) is 7.71. The van der Waals surface area contributed by atoms with E-state index in [0.29, 0.717) is 18.7 Å². The van der Waals surface area contributed by atoms with E-state index in [-0.39, 0.29) is 30.7 Å². The van der Waals surface area contributed by atoms with Crippen molar-refractivity contribution in [1.82, 2.24) is 5.32 Å². The monoisotopic (exact) mass is 349 g/mol. The first-order valence-electron chi connectivity index (χ1n) is 7.56. The predicted molar refractivity (Wildman–Crippen MR) is 99.7 cm³/mol. The zero-order chi connectivity index (χ0) is 14.8. The summed E-state index contributed by atoms with van der Waals surface area (Å²) < 4.78 is 0. The van der Waals surface area contributed by atoms with Crippen LogP contribution in [0.4, 0.5) is 5.69 Å². The summed E-state index contributed by atoms with van der Waals surface area (Å²) in [5.41, 5.74) is 7.31. The molecule has 22 heavy (non-hydrogen) atoms. The first-order chi connectivity index (χ1) is 9.72. The number of nitrogens with two attached hydrogens (primary N) is 1. The largest absolute Gasteiger partial charge is 0.372 e. The number of unbranched alkanes of at least 4 members (excludes halogenated alkanes) is 1. The number of carbonyl (C=O) groups excluding carboxylic acids is 1. The maximum absolute atomic E-state index is 11.9. The van der Waals surface area contributed by atoms with Crippen LogP contribution in [0.3, 0.4) is 0 Å². The van der Waals surface area contributed by atoms with Gasteiger partial charge < -0.3 is 16.0 Å². The molecule has 1 aromatic carbocycles. The number of amides is 1. The molecule has 3 N–H and O–H groups in total. The molecule has 0 aliphatic rings. The smallest absolute Gasteiger partial charge is 0.251 e. The van der Waals surface area contributed by atoms with Gasteiger partial charge in [0.2, 0.25) is 0 Å². The van der Waals surface area contributed by atoms with Crippen LogP contribution in [0.2, 0.25) is 0 Å². The van der Waals surface area contributed by atoms with E-state index in [1.54, 1.807) is 0 Å². The van der Waals surface area contributed by atoms with Gasteiger partial charge in [-0.05, 0) is 57.0 Å². The highest BCUT2D eigenvalue weighted by molar-refractivity contribution is 5.94. The van der Waals surface area contributed by atoms with Gasteiger partial charge in [0, 0.05) is 30.9 Å². The maximum atomic E-state index is 11.9. The quantitative estimate of drug-likeness (QED) is 0.672. The van der Waals surface area contributed by atoms with Crippen LogP contribution in [0.25, 0.3) is 0 Å². The summed E-state index contributed by atoms with van der Waals surface area (Å²) in [6, 6.07) is 7.83. The van der Waals surface area contributed by atoms with Crippen molar-refractivity contribution in [1.29, 1.82) is 0 Å². The second kappa shape index (κ2) is 13.7. The molecule has 4 nitrogen and oxygen atoms in total. The van der Waals surface area contributed by atoms with Crippen LogP contribution in [0.1, 0.15) is 43.5 Å². The molecule has 1 rings (SSSR count). The van der Waals surface area contributed by atoms with Crippen LogP contribution in [0.5, 0.6) is 0 Å². The van der Waals surface area contributed by atoms with Crippen molar-refractivity contribution >= 4 is 36.4 Å². The van der Waals surface area contributed by atoms with Gasteiger partial charge in [-0.1, -0.05) is 6.92 Å². The number of benzene rings is 1. The summed E-state index contributed by atoms with van der Waals surface area (Å²) in [5, 5.41) is 2.91. The Morgan fingerprint density at radius 3 is 2.27 bits per heavy atom. The molecule has 0 unspecified atom stereocenters. The molecule has 0 fully saturated rings. The standard InChI is InChI=1S/C16H27N3O.2ClH/c1-3-13-19(4-2)15-9-7-14(8-10-15)16(20)18-12-6-5-11-17;;/h7-10H,3-6,11-13,17H2,1-2H3,(H,18,20);2*1H. The number of rotatable bonds is 9. The van der Waals surface area contributed by atoms with Crippen molar-refractivity contribution < 1.29 is 4.79 Å². The average Bonchev–Trinajstić information content (AvgIpc) is 2.49. The highest BCUT2D eigenvalue weighted by Crippen LogP contribution is 2.15. The SMILES string of the molecule is CCCN(CC)c1ccc(C(=O)NCCCCN)cc1.Cl.Cl. The zero-order valence-corrected chi connectivity index (χ0v) is 15.1. The third kappa shape index (κ3) is 7.87. The molecule has 0 aromatic heterocycles. The second-order valence-corrected chi connectivity index (χ2v) is 4.88. The van der Waals surface area contributed by atoms with E-state index in [0.717, 1.165) is 32.4 Å². The number of carbonyl (C=O) groups is 1. The molecule has 0 atom stereocenters. The summed E-state index contributed by atoms with van der Waals surface area (Å²) in [6.07, 6.45) is 3.00. The van der Waals surface area contributed by atoms with Gasteiger partial charge in [0.1, 0.15) is 0 Å². The van der Waals surface area contributed by atoms with Crippen molar-refractivity contribution in [3.8, 4) is 0 Å². The minimum Gasteiger partial charge on any atom is -0.372 e. The molecule has 0 radical (unpaired) electrons. The van der Waals surface area contributed by atoms with E-state index in [1.165, 1.54) is 5.69 Å². The normalized spacial score (nSPS) is 9.41. The lowest BCUT2D eigenvalue weighted by molar-refractivity contribution is 0.0953. The number of nitrogens with zero attached hydrogens (tertiary/aromatic N) is 1. The Hall–Kier alpha value is -0.970. The third-order valence-corrected chi connectivity index (χ3v) is 3.29. The van der Waals surface area contributed by atoms with Gasteiger partial charge in [-0.2, -0.15) is 0 Å². The Morgan fingerprint density at radius 1 is 1.14 bits per heavy atom. The predicted octanol–water partition coefficient (Wildman–Crippen LogP) is 3.24. The van der Waals surface area contributed by atoms with Crippen LogP contribution in [-0.4, -0.2) is 32.1 Å². The summed E-state index contributed by atoms with van der Waals surface area (Å²) in [5.74, 6) is -0.00730. The Kier molecular flexibility index (Phi) is 14.5. The number of anilines is 1. The van der Waals surface area contributed by atoms with E-state index in [2.05, 4.69) is 24.1 Å². The van der Waals surface area contributed by atoms with Crippen LogP contribution < -0.4 is 16.0 Å². The molecule has 0 saturated heterocycles. The van der Waals surface area contributed by atoms with Gasteiger partial charge in [-0.3, -0.25) is 4.79 Å². The third-order valence-electron chi connectivity index (χ3n) is 3.29. The van der Waals surface area contributed by atoms with Gasteiger partial charge in [-0.15, -0.1) is 24.8 Å². The fourth-order valence-electron chi connectivity index (χ4n) is 2.14. The van der Waals surface area contributed by atoms with Crippen molar-refractivity contribution in [2.75, 3.05) is 31.1 Å². The topological polar surface area (TPSA) is 58.4 Å². The lowest BCUT2D eigenvalue weighted by Crippen LogP contribution is -2.25. The Labute approximate surface area is 146 Å². The van der Waals surface area contributed by atoms with Crippen LogP contribution >= 0.6 is 24.8 Å². The lowest BCUT2D eigenvalue weighted by atomic mass is 10.1. The molecule has 0 saturated carbocycles. The fraction of sp³-hybridized carbons (Fsp3) is 0.562. The second-order valence-electron chi connectivity index (χ2n) is 4.88. The summed E-state index contributed by atoms with van der Waals surface area (Å²) in [7, 11) is 0. The minimum absolute atomic E-state index is 0. The van der Waals surface area contributed by atoms with Crippen LogP contribution in [-0.2, 0) is 0 Å². The highest BCUT2D eigenvalue weighted by Gasteiger charge is 2.07. The number of hydrogen-bond donors (Lipinski definition) is 2. The van der Waals surface area contributed by atoms with E-state index in [1.807, 2.05) is 24.3 Å². The molecular weight excluding hydrogens is 321 g/mol. The summed E-state index contributed by atoms with van der Waals surface area (Å²) >= 11 is 0. The fourth-order valence-corrected chi connectivity index (χ4v) is 2.14.